The number of ether oxygens (including phenoxy) is 1. The largest absolute Gasteiger partial charge is 0.493 e. The van der Waals surface area contributed by atoms with Gasteiger partial charge in [0.05, 0.1) is 13.0 Å². The number of carbonyl (C=O) groups is 1. The van der Waals surface area contributed by atoms with E-state index in [0.29, 0.717) is 13.0 Å². The highest BCUT2D eigenvalue weighted by molar-refractivity contribution is 7.10. The van der Waals surface area contributed by atoms with Crippen LogP contribution in [0.4, 0.5) is 0 Å². The molecule has 1 N–H and O–H groups in total. The second-order valence-corrected chi connectivity index (χ2v) is 8.42. The van der Waals surface area contributed by atoms with Crippen molar-refractivity contribution in [2.45, 2.75) is 45.6 Å². The summed E-state index contributed by atoms with van der Waals surface area (Å²) in [5.41, 5.74) is 2.53. The van der Waals surface area contributed by atoms with Gasteiger partial charge in [-0.1, -0.05) is 17.7 Å². The van der Waals surface area contributed by atoms with E-state index in [2.05, 4.69) is 28.6 Å². The Bertz CT molecular complexity index is 720. The van der Waals surface area contributed by atoms with Crippen molar-refractivity contribution in [1.29, 1.82) is 0 Å². The van der Waals surface area contributed by atoms with Crippen LogP contribution in [0.25, 0.3) is 0 Å². The number of aryl methyl sites for hydroxylation is 2. The first-order valence-corrected chi connectivity index (χ1v) is 10.7. The van der Waals surface area contributed by atoms with Gasteiger partial charge in [-0.15, -0.1) is 11.3 Å². The zero-order valence-electron chi connectivity index (χ0n) is 16.4. The highest BCUT2D eigenvalue weighted by Crippen LogP contribution is 2.19. The Hall–Kier alpha value is -1.85. The van der Waals surface area contributed by atoms with Crippen molar-refractivity contribution < 1.29 is 9.53 Å². The van der Waals surface area contributed by atoms with Crippen LogP contribution in [-0.4, -0.2) is 43.1 Å². The number of rotatable bonds is 9. The van der Waals surface area contributed by atoms with E-state index in [4.69, 9.17) is 4.74 Å². The molecule has 1 atom stereocenters. The molecule has 2 heterocycles. The van der Waals surface area contributed by atoms with Gasteiger partial charge in [0.2, 0.25) is 5.91 Å². The van der Waals surface area contributed by atoms with Crippen LogP contribution < -0.4 is 10.1 Å². The van der Waals surface area contributed by atoms with Gasteiger partial charge in [-0.2, -0.15) is 0 Å². The van der Waals surface area contributed by atoms with Gasteiger partial charge in [-0.3, -0.25) is 4.79 Å². The third-order valence-electron chi connectivity index (χ3n) is 5.06. The number of thiophene rings is 1. The van der Waals surface area contributed by atoms with Crippen LogP contribution in [0.3, 0.4) is 0 Å². The Morgan fingerprint density at radius 1 is 1.19 bits per heavy atom. The van der Waals surface area contributed by atoms with E-state index >= 15 is 0 Å². The molecular weight excluding hydrogens is 356 g/mol. The number of amides is 1. The first kappa shape index (κ1) is 19.9. The maximum Gasteiger partial charge on any atom is 0.223 e. The summed E-state index contributed by atoms with van der Waals surface area (Å²) in [6, 6.07) is 10.2. The molecule has 0 spiro atoms. The minimum Gasteiger partial charge on any atom is -0.493 e. The number of likely N-dealkylation sites (tertiary alicyclic amines) is 1. The fourth-order valence-electron chi connectivity index (χ4n) is 3.47. The van der Waals surface area contributed by atoms with Crippen molar-refractivity contribution in [2.75, 3.05) is 26.2 Å². The third-order valence-corrected chi connectivity index (χ3v) is 6.11. The SMILES string of the molecule is Cc1ccc(OCCC(=O)NC(Cc2sccc2C)CN2CCCC2)cc1. The predicted octanol–water partition coefficient (Wildman–Crippen LogP) is 3.96. The minimum absolute atomic E-state index is 0.0699. The van der Waals surface area contributed by atoms with E-state index in [0.717, 1.165) is 31.8 Å². The minimum atomic E-state index is 0.0699. The van der Waals surface area contributed by atoms with Gasteiger partial charge >= 0.3 is 0 Å². The lowest BCUT2D eigenvalue weighted by Gasteiger charge is -2.24. The molecule has 5 heteroatoms. The quantitative estimate of drug-likeness (QED) is 0.709. The third kappa shape index (κ3) is 6.36. The Kier molecular flexibility index (Phi) is 7.30. The van der Waals surface area contributed by atoms with Crippen LogP contribution in [0.1, 0.15) is 35.3 Å². The number of carbonyl (C=O) groups excluding carboxylic acids is 1. The molecule has 1 aliphatic rings. The molecule has 0 bridgehead atoms. The molecule has 3 rings (SSSR count). The molecule has 0 saturated carbocycles. The van der Waals surface area contributed by atoms with Gasteiger partial charge < -0.3 is 15.0 Å². The van der Waals surface area contributed by atoms with E-state index in [1.54, 1.807) is 11.3 Å². The van der Waals surface area contributed by atoms with E-state index in [9.17, 15) is 4.79 Å². The molecule has 1 aromatic heterocycles. The Morgan fingerprint density at radius 2 is 1.93 bits per heavy atom. The molecule has 146 valence electrons. The Balaban J connectivity index is 1.49. The fourth-order valence-corrected chi connectivity index (χ4v) is 4.46. The Labute approximate surface area is 166 Å². The molecule has 1 amide bonds. The summed E-state index contributed by atoms with van der Waals surface area (Å²) >= 11 is 1.78. The smallest absolute Gasteiger partial charge is 0.223 e. The van der Waals surface area contributed by atoms with Crippen LogP contribution >= 0.6 is 11.3 Å². The molecule has 1 aromatic carbocycles. The van der Waals surface area contributed by atoms with Gasteiger partial charge in [-0.25, -0.2) is 0 Å². The summed E-state index contributed by atoms with van der Waals surface area (Å²) in [6.07, 6.45) is 3.82. The van der Waals surface area contributed by atoms with Crippen LogP contribution in [-0.2, 0) is 11.2 Å². The number of hydrogen-bond acceptors (Lipinski definition) is 4. The van der Waals surface area contributed by atoms with Gasteiger partial charge in [0.1, 0.15) is 5.75 Å². The molecular formula is C22H30N2O2S. The van der Waals surface area contributed by atoms with Crippen LogP contribution in [0.2, 0.25) is 0 Å². The lowest BCUT2D eigenvalue weighted by molar-refractivity contribution is -0.122. The van der Waals surface area contributed by atoms with Crippen LogP contribution in [0.5, 0.6) is 5.75 Å². The second-order valence-electron chi connectivity index (χ2n) is 7.41. The highest BCUT2D eigenvalue weighted by atomic mass is 32.1. The lowest BCUT2D eigenvalue weighted by atomic mass is 10.1. The topological polar surface area (TPSA) is 41.6 Å². The first-order valence-electron chi connectivity index (χ1n) is 9.84. The van der Waals surface area contributed by atoms with E-state index in [1.807, 2.05) is 31.2 Å². The normalized spacial score (nSPS) is 15.6. The summed E-state index contributed by atoms with van der Waals surface area (Å²) < 4.78 is 5.70. The van der Waals surface area contributed by atoms with E-state index < -0.39 is 0 Å². The summed E-state index contributed by atoms with van der Waals surface area (Å²) in [4.78, 5) is 16.3. The lowest BCUT2D eigenvalue weighted by Crippen LogP contribution is -2.44. The fraction of sp³-hybridized carbons (Fsp3) is 0.500. The molecule has 0 radical (unpaired) electrons. The number of benzene rings is 1. The molecule has 2 aromatic rings. The monoisotopic (exact) mass is 386 g/mol. The Morgan fingerprint density at radius 3 is 2.59 bits per heavy atom. The van der Waals surface area contributed by atoms with E-state index in [-0.39, 0.29) is 11.9 Å². The average molecular weight is 387 g/mol. The van der Waals surface area contributed by atoms with Crippen molar-refractivity contribution >= 4 is 17.2 Å². The van der Waals surface area contributed by atoms with Gasteiger partial charge in [0.15, 0.2) is 0 Å². The summed E-state index contributed by atoms with van der Waals surface area (Å²) in [7, 11) is 0. The molecule has 27 heavy (non-hydrogen) atoms. The second kappa shape index (κ2) is 9.90. The summed E-state index contributed by atoms with van der Waals surface area (Å²) in [6.45, 7) is 7.83. The first-order chi connectivity index (χ1) is 13.1. The highest BCUT2D eigenvalue weighted by Gasteiger charge is 2.20. The van der Waals surface area contributed by atoms with Crippen molar-refractivity contribution in [3.05, 3.63) is 51.7 Å². The number of nitrogens with one attached hydrogen (secondary N) is 1. The van der Waals surface area contributed by atoms with Gasteiger partial charge in [0.25, 0.3) is 0 Å². The number of hydrogen-bond donors (Lipinski definition) is 1. The zero-order chi connectivity index (χ0) is 19.1. The number of nitrogens with zero attached hydrogens (tertiary/aromatic N) is 1. The van der Waals surface area contributed by atoms with Crippen molar-refractivity contribution in [3.8, 4) is 5.75 Å². The summed E-state index contributed by atoms with van der Waals surface area (Å²) in [5, 5.41) is 5.38. The molecule has 4 nitrogen and oxygen atoms in total. The maximum atomic E-state index is 12.5. The van der Waals surface area contributed by atoms with Crippen LogP contribution in [0.15, 0.2) is 35.7 Å². The molecule has 1 aliphatic heterocycles. The molecule has 1 unspecified atom stereocenters. The van der Waals surface area contributed by atoms with Crippen molar-refractivity contribution in [1.82, 2.24) is 10.2 Å². The summed E-state index contributed by atoms with van der Waals surface area (Å²) in [5.74, 6) is 0.886. The van der Waals surface area contributed by atoms with Gasteiger partial charge in [0, 0.05) is 23.9 Å². The van der Waals surface area contributed by atoms with Crippen LogP contribution in [0, 0.1) is 13.8 Å². The molecule has 0 aliphatic carbocycles. The standard InChI is InChI=1S/C22H30N2O2S/c1-17-5-7-20(8-6-17)26-13-9-22(25)23-19(16-24-11-3-4-12-24)15-21-18(2)10-14-27-21/h5-8,10,14,19H,3-4,9,11-13,15-16H2,1-2H3,(H,23,25). The predicted molar refractivity (Wildman–Crippen MR) is 112 cm³/mol. The van der Waals surface area contributed by atoms with Gasteiger partial charge in [-0.05, 0) is 68.9 Å². The zero-order valence-corrected chi connectivity index (χ0v) is 17.2. The van der Waals surface area contributed by atoms with Crippen molar-refractivity contribution in [2.24, 2.45) is 0 Å². The molecule has 1 fully saturated rings. The van der Waals surface area contributed by atoms with Crippen molar-refractivity contribution in [3.63, 3.8) is 0 Å². The maximum absolute atomic E-state index is 12.5. The average Bonchev–Trinajstić information content (AvgIpc) is 3.29. The van der Waals surface area contributed by atoms with E-state index in [1.165, 1.54) is 28.8 Å². The molecule has 1 saturated heterocycles.